The van der Waals surface area contributed by atoms with Gasteiger partial charge in [0.1, 0.15) is 5.75 Å². The minimum Gasteiger partial charge on any atom is -0.494 e. The highest BCUT2D eigenvalue weighted by Crippen LogP contribution is 2.20. The molecule has 0 amide bonds. The zero-order valence-corrected chi connectivity index (χ0v) is 13.2. The van der Waals surface area contributed by atoms with Gasteiger partial charge in [0.25, 0.3) is 0 Å². The fourth-order valence-electron chi connectivity index (χ4n) is 2.76. The number of piperazine rings is 1. The highest BCUT2D eigenvalue weighted by Gasteiger charge is 2.12. The Kier molecular flexibility index (Phi) is 5.86. The predicted molar refractivity (Wildman–Crippen MR) is 84.6 cm³/mol. The zero-order chi connectivity index (χ0) is 14.4. The Morgan fingerprint density at radius 1 is 1.15 bits per heavy atom. The van der Waals surface area contributed by atoms with Crippen molar-refractivity contribution in [3.8, 4) is 5.75 Å². The van der Waals surface area contributed by atoms with Gasteiger partial charge in [-0.3, -0.25) is 0 Å². The molecule has 0 bridgehead atoms. The van der Waals surface area contributed by atoms with Gasteiger partial charge in [-0.05, 0) is 57.5 Å². The Balaban J connectivity index is 1.75. The second kappa shape index (κ2) is 7.65. The van der Waals surface area contributed by atoms with E-state index in [-0.39, 0.29) is 0 Å². The van der Waals surface area contributed by atoms with Gasteiger partial charge < -0.3 is 14.5 Å². The lowest BCUT2D eigenvalue weighted by Gasteiger charge is -2.32. The summed E-state index contributed by atoms with van der Waals surface area (Å²) in [5.74, 6) is 1.02. The van der Waals surface area contributed by atoms with Crippen LogP contribution in [0.4, 0.5) is 0 Å². The van der Waals surface area contributed by atoms with Gasteiger partial charge in [-0.1, -0.05) is 12.1 Å². The molecular weight excluding hydrogens is 248 g/mol. The molecule has 2 rings (SSSR count). The molecular formula is C17H28N2O. The van der Waals surface area contributed by atoms with Crippen molar-refractivity contribution >= 4 is 0 Å². The van der Waals surface area contributed by atoms with Crippen molar-refractivity contribution in [3.05, 3.63) is 29.3 Å². The monoisotopic (exact) mass is 276 g/mol. The molecule has 0 spiro atoms. The quantitative estimate of drug-likeness (QED) is 0.794. The van der Waals surface area contributed by atoms with E-state index in [1.54, 1.807) is 0 Å². The Morgan fingerprint density at radius 3 is 2.55 bits per heavy atom. The number of ether oxygens (including phenoxy) is 1. The van der Waals surface area contributed by atoms with Gasteiger partial charge in [-0.2, -0.15) is 0 Å². The summed E-state index contributed by atoms with van der Waals surface area (Å²) in [4.78, 5) is 4.99. The molecule has 1 aromatic carbocycles. The molecule has 0 aromatic heterocycles. The maximum Gasteiger partial charge on any atom is 0.122 e. The SMILES string of the molecule is CCOc1ccc(CCCN2CCN(C)CC2)cc1C. The topological polar surface area (TPSA) is 15.7 Å². The third-order valence-electron chi connectivity index (χ3n) is 4.07. The molecule has 3 nitrogen and oxygen atoms in total. The standard InChI is InChI=1S/C17H28N2O/c1-4-20-17-8-7-16(14-15(17)2)6-5-9-19-12-10-18(3)11-13-19/h7-8,14H,4-6,9-13H2,1-3H3. The highest BCUT2D eigenvalue weighted by atomic mass is 16.5. The molecule has 3 heteroatoms. The molecule has 0 atom stereocenters. The number of hydrogen-bond donors (Lipinski definition) is 0. The van der Waals surface area contributed by atoms with Crippen LogP contribution in [-0.2, 0) is 6.42 Å². The van der Waals surface area contributed by atoms with E-state index in [2.05, 4.69) is 42.0 Å². The average Bonchev–Trinajstić information content (AvgIpc) is 2.44. The first-order valence-electron chi connectivity index (χ1n) is 7.82. The summed E-state index contributed by atoms with van der Waals surface area (Å²) in [6.07, 6.45) is 2.41. The first kappa shape index (κ1) is 15.3. The van der Waals surface area contributed by atoms with Gasteiger partial charge in [0.2, 0.25) is 0 Å². The van der Waals surface area contributed by atoms with Gasteiger partial charge >= 0.3 is 0 Å². The predicted octanol–water partition coefficient (Wildman–Crippen LogP) is 2.57. The summed E-state index contributed by atoms with van der Waals surface area (Å²) in [6.45, 7) is 11.0. The molecule has 0 saturated carbocycles. The van der Waals surface area contributed by atoms with Crippen molar-refractivity contribution in [1.82, 2.24) is 9.80 Å². The van der Waals surface area contributed by atoms with Gasteiger partial charge in [0, 0.05) is 26.2 Å². The van der Waals surface area contributed by atoms with Gasteiger partial charge in [0.05, 0.1) is 6.61 Å². The van der Waals surface area contributed by atoms with E-state index in [9.17, 15) is 0 Å². The van der Waals surface area contributed by atoms with Crippen LogP contribution in [0.5, 0.6) is 5.75 Å². The fraction of sp³-hybridized carbons (Fsp3) is 0.647. The number of benzene rings is 1. The largest absolute Gasteiger partial charge is 0.494 e. The van der Waals surface area contributed by atoms with Crippen LogP contribution in [0, 0.1) is 6.92 Å². The lowest BCUT2D eigenvalue weighted by Crippen LogP contribution is -2.44. The smallest absolute Gasteiger partial charge is 0.122 e. The molecule has 20 heavy (non-hydrogen) atoms. The summed E-state index contributed by atoms with van der Waals surface area (Å²) >= 11 is 0. The lowest BCUT2D eigenvalue weighted by atomic mass is 10.1. The molecule has 1 saturated heterocycles. The molecule has 0 aliphatic carbocycles. The Bertz CT molecular complexity index is 411. The van der Waals surface area contributed by atoms with Crippen LogP contribution in [0.2, 0.25) is 0 Å². The highest BCUT2D eigenvalue weighted by molar-refractivity contribution is 5.36. The molecule has 1 heterocycles. The Morgan fingerprint density at radius 2 is 1.90 bits per heavy atom. The first-order valence-corrected chi connectivity index (χ1v) is 7.82. The van der Waals surface area contributed by atoms with E-state index in [1.165, 1.54) is 56.7 Å². The summed E-state index contributed by atoms with van der Waals surface area (Å²) < 4.78 is 5.59. The fourth-order valence-corrected chi connectivity index (χ4v) is 2.76. The van der Waals surface area contributed by atoms with Crippen molar-refractivity contribution < 1.29 is 4.74 Å². The second-order valence-electron chi connectivity index (χ2n) is 5.78. The van der Waals surface area contributed by atoms with Crippen molar-refractivity contribution in [2.75, 3.05) is 46.4 Å². The van der Waals surface area contributed by atoms with Crippen LogP contribution in [0.25, 0.3) is 0 Å². The van der Waals surface area contributed by atoms with Crippen molar-refractivity contribution in [3.63, 3.8) is 0 Å². The Hall–Kier alpha value is -1.06. The minimum atomic E-state index is 0.740. The van der Waals surface area contributed by atoms with Crippen LogP contribution in [0.1, 0.15) is 24.5 Å². The molecule has 112 valence electrons. The third-order valence-corrected chi connectivity index (χ3v) is 4.07. The number of nitrogens with zero attached hydrogens (tertiary/aromatic N) is 2. The molecule has 0 unspecified atom stereocenters. The van der Waals surface area contributed by atoms with E-state index in [0.717, 1.165) is 12.4 Å². The van der Waals surface area contributed by atoms with Crippen molar-refractivity contribution in [2.45, 2.75) is 26.7 Å². The van der Waals surface area contributed by atoms with E-state index in [1.807, 2.05) is 6.92 Å². The molecule has 1 aliphatic rings. The molecule has 0 N–H and O–H groups in total. The Labute approximate surface area is 123 Å². The van der Waals surface area contributed by atoms with Gasteiger partial charge in [-0.15, -0.1) is 0 Å². The summed E-state index contributed by atoms with van der Waals surface area (Å²) in [5, 5.41) is 0. The van der Waals surface area contributed by atoms with Crippen LogP contribution < -0.4 is 4.74 Å². The van der Waals surface area contributed by atoms with Crippen LogP contribution >= 0.6 is 0 Å². The van der Waals surface area contributed by atoms with Crippen molar-refractivity contribution in [1.29, 1.82) is 0 Å². The van der Waals surface area contributed by atoms with Crippen molar-refractivity contribution in [2.24, 2.45) is 0 Å². The average molecular weight is 276 g/mol. The van der Waals surface area contributed by atoms with Crippen LogP contribution in [0.15, 0.2) is 18.2 Å². The van der Waals surface area contributed by atoms with E-state index < -0.39 is 0 Å². The lowest BCUT2D eigenvalue weighted by molar-refractivity contribution is 0.153. The normalized spacial score (nSPS) is 17.4. The molecule has 0 radical (unpaired) electrons. The number of aryl methyl sites for hydroxylation is 2. The minimum absolute atomic E-state index is 0.740. The third kappa shape index (κ3) is 4.50. The van der Waals surface area contributed by atoms with Gasteiger partial charge in [-0.25, -0.2) is 0 Å². The first-order chi connectivity index (χ1) is 9.69. The number of rotatable bonds is 6. The van der Waals surface area contributed by atoms with E-state index >= 15 is 0 Å². The van der Waals surface area contributed by atoms with E-state index in [0.29, 0.717) is 0 Å². The maximum absolute atomic E-state index is 5.59. The summed E-state index contributed by atoms with van der Waals surface area (Å²) in [6, 6.07) is 6.60. The number of hydrogen-bond acceptors (Lipinski definition) is 3. The van der Waals surface area contributed by atoms with E-state index in [4.69, 9.17) is 4.74 Å². The maximum atomic E-state index is 5.59. The summed E-state index contributed by atoms with van der Waals surface area (Å²) in [7, 11) is 2.21. The summed E-state index contributed by atoms with van der Waals surface area (Å²) in [5.41, 5.74) is 2.68. The van der Waals surface area contributed by atoms with Crippen LogP contribution in [-0.4, -0.2) is 56.2 Å². The zero-order valence-electron chi connectivity index (χ0n) is 13.2. The molecule has 1 aromatic rings. The number of likely N-dealkylation sites (N-methyl/N-ethyl adjacent to an activating group) is 1. The van der Waals surface area contributed by atoms with Crippen LogP contribution in [0.3, 0.4) is 0 Å². The molecule has 1 fully saturated rings. The van der Waals surface area contributed by atoms with Gasteiger partial charge in [0.15, 0.2) is 0 Å². The second-order valence-corrected chi connectivity index (χ2v) is 5.78. The molecule has 1 aliphatic heterocycles.